The number of carbonyl (C=O) groups excluding carboxylic acids is 1. The van der Waals surface area contributed by atoms with Crippen LogP contribution in [0.25, 0.3) is 0 Å². The summed E-state index contributed by atoms with van der Waals surface area (Å²) in [4.78, 5) is 12.4. The minimum Gasteiger partial charge on any atom is -0.493 e. The molecule has 0 radical (unpaired) electrons. The van der Waals surface area contributed by atoms with Crippen LogP contribution >= 0.6 is 0 Å². The normalized spacial score (nSPS) is 10.4. The molecule has 0 atom stereocenters. The standard InChI is InChI=1S/C20H26N2O3/c1-14(2)11-12-21-16-6-8-17(9-7-16)22-20(23)15-5-10-18(24-3)19(13-15)25-4/h5-10,13-14,21H,11-12H2,1-4H3,(H,22,23). The van der Waals surface area contributed by atoms with E-state index in [4.69, 9.17) is 9.47 Å². The molecule has 0 aliphatic heterocycles. The number of hydrogen-bond donors (Lipinski definition) is 2. The van der Waals surface area contributed by atoms with Crippen LogP contribution < -0.4 is 20.1 Å². The van der Waals surface area contributed by atoms with Crippen LogP contribution in [0.15, 0.2) is 42.5 Å². The van der Waals surface area contributed by atoms with Gasteiger partial charge >= 0.3 is 0 Å². The van der Waals surface area contributed by atoms with Crippen molar-refractivity contribution >= 4 is 17.3 Å². The van der Waals surface area contributed by atoms with Gasteiger partial charge in [0.2, 0.25) is 0 Å². The summed E-state index contributed by atoms with van der Waals surface area (Å²) >= 11 is 0. The molecule has 0 spiro atoms. The summed E-state index contributed by atoms with van der Waals surface area (Å²) in [5.41, 5.74) is 2.30. The van der Waals surface area contributed by atoms with Gasteiger partial charge in [-0.05, 0) is 54.8 Å². The Hall–Kier alpha value is -2.69. The molecule has 134 valence electrons. The number of amides is 1. The van der Waals surface area contributed by atoms with Crippen molar-refractivity contribution in [1.82, 2.24) is 0 Å². The lowest BCUT2D eigenvalue weighted by Crippen LogP contribution is -2.12. The van der Waals surface area contributed by atoms with E-state index in [0.717, 1.165) is 24.3 Å². The number of methoxy groups -OCH3 is 2. The van der Waals surface area contributed by atoms with Crippen LogP contribution in [0, 0.1) is 5.92 Å². The summed E-state index contributed by atoms with van der Waals surface area (Å²) in [6.07, 6.45) is 1.12. The quantitative estimate of drug-likeness (QED) is 0.746. The van der Waals surface area contributed by atoms with Gasteiger partial charge in [0.25, 0.3) is 5.91 Å². The second-order valence-corrected chi connectivity index (χ2v) is 6.21. The maximum Gasteiger partial charge on any atom is 0.255 e. The van der Waals surface area contributed by atoms with Crippen LogP contribution in [0.1, 0.15) is 30.6 Å². The molecule has 2 rings (SSSR count). The maximum absolute atomic E-state index is 12.4. The van der Waals surface area contributed by atoms with Gasteiger partial charge in [-0.1, -0.05) is 13.8 Å². The average Bonchev–Trinajstić information content (AvgIpc) is 2.62. The van der Waals surface area contributed by atoms with E-state index >= 15 is 0 Å². The lowest BCUT2D eigenvalue weighted by Gasteiger charge is -2.11. The van der Waals surface area contributed by atoms with Crippen molar-refractivity contribution in [3.8, 4) is 11.5 Å². The van der Waals surface area contributed by atoms with Crippen molar-refractivity contribution in [2.75, 3.05) is 31.4 Å². The molecular weight excluding hydrogens is 316 g/mol. The average molecular weight is 342 g/mol. The highest BCUT2D eigenvalue weighted by molar-refractivity contribution is 6.04. The molecule has 0 fully saturated rings. The number of benzene rings is 2. The highest BCUT2D eigenvalue weighted by atomic mass is 16.5. The molecule has 0 saturated carbocycles. The van der Waals surface area contributed by atoms with Gasteiger partial charge in [0.15, 0.2) is 11.5 Å². The third kappa shape index (κ3) is 5.41. The molecule has 0 aliphatic carbocycles. The summed E-state index contributed by atoms with van der Waals surface area (Å²) in [5.74, 6) is 1.60. The number of carbonyl (C=O) groups is 1. The second-order valence-electron chi connectivity index (χ2n) is 6.21. The molecule has 1 amide bonds. The Morgan fingerprint density at radius 3 is 2.20 bits per heavy atom. The summed E-state index contributed by atoms with van der Waals surface area (Å²) in [6.45, 7) is 5.35. The van der Waals surface area contributed by atoms with Crippen molar-refractivity contribution < 1.29 is 14.3 Å². The monoisotopic (exact) mass is 342 g/mol. The van der Waals surface area contributed by atoms with E-state index < -0.39 is 0 Å². The van der Waals surface area contributed by atoms with Gasteiger partial charge in [-0.2, -0.15) is 0 Å². The van der Waals surface area contributed by atoms with Gasteiger partial charge in [-0.3, -0.25) is 4.79 Å². The largest absolute Gasteiger partial charge is 0.493 e. The van der Waals surface area contributed by atoms with Crippen LogP contribution in [0.2, 0.25) is 0 Å². The summed E-state index contributed by atoms with van der Waals surface area (Å²) in [5, 5.41) is 6.26. The topological polar surface area (TPSA) is 59.6 Å². The van der Waals surface area contributed by atoms with Crippen molar-refractivity contribution in [3.63, 3.8) is 0 Å². The van der Waals surface area contributed by atoms with E-state index in [2.05, 4.69) is 24.5 Å². The van der Waals surface area contributed by atoms with E-state index in [1.165, 1.54) is 0 Å². The number of anilines is 2. The fourth-order valence-corrected chi connectivity index (χ4v) is 2.36. The third-order valence-electron chi connectivity index (χ3n) is 3.84. The fraction of sp³-hybridized carbons (Fsp3) is 0.350. The SMILES string of the molecule is COc1ccc(C(=O)Nc2ccc(NCCC(C)C)cc2)cc1OC. The molecule has 2 aromatic rings. The van der Waals surface area contributed by atoms with Gasteiger partial charge in [0.05, 0.1) is 14.2 Å². The number of hydrogen-bond acceptors (Lipinski definition) is 4. The minimum absolute atomic E-state index is 0.193. The Labute approximate surface area is 149 Å². The molecule has 5 heteroatoms. The second kappa shape index (κ2) is 8.97. The molecule has 0 bridgehead atoms. The zero-order valence-electron chi connectivity index (χ0n) is 15.3. The molecular formula is C20H26N2O3. The molecule has 0 aromatic heterocycles. The molecule has 0 aliphatic rings. The first kappa shape index (κ1) is 18.6. The molecule has 0 saturated heterocycles. The Bertz CT molecular complexity index is 697. The third-order valence-corrected chi connectivity index (χ3v) is 3.84. The predicted molar refractivity (Wildman–Crippen MR) is 102 cm³/mol. The van der Waals surface area contributed by atoms with E-state index in [9.17, 15) is 4.79 Å². The number of rotatable bonds is 8. The Balaban J connectivity index is 1.98. The van der Waals surface area contributed by atoms with Crippen molar-refractivity contribution in [2.45, 2.75) is 20.3 Å². The van der Waals surface area contributed by atoms with Gasteiger partial charge in [0, 0.05) is 23.5 Å². The van der Waals surface area contributed by atoms with Crippen molar-refractivity contribution in [3.05, 3.63) is 48.0 Å². The van der Waals surface area contributed by atoms with E-state index in [1.54, 1.807) is 32.4 Å². The van der Waals surface area contributed by atoms with Crippen LogP contribution in [0.5, 0.6) is 11.5 Å². The molecule has 0 unspecified atom stereocenters. The first-order valence-corrected chi connectivity index (χ1v) is 8.40. The summed E-state index contributed by atoms with van der Waals surface area (Å²) < 4.78 is 10.4. The molecule has 2 aromatic carbocycles. The first-order valence-electron chi connectivity index (χ1n) is 8.40. The minimum atomic E-state index is -0.193. The van der Waals surface area contributed by atoms with Crippen molar-refractivity contribution in [2.24, 2.45) is 5.92 Å². The molecule has 0 heterocycles. The smallest absolute Gasteiger partial charge is 0.255 e. The Kier molecular flexibility index (Phi) is 6.69. The van der Waals surface area contributed by atoms with Crippen LogP contribution in [-0.4, -0.2) is 26.7 Å². The number of nitrogens with one attached hydrogen (secondary N) is 2. The predicted octanol–water partition coefficient (Wildman–Crippen LogP) is 4.41. The highest BCUT2D eigenvalue weighted by Crippen LogP contribution is 2.28. The number of ether oxygens (including phenoxy) is 2. The van der Waals surface area contributed by atoms with Gasteiger partial charge < -0.3 is 20.1 Å². The van der Waals surface area contributed by atoms with Crippen LogP contribution in [0.4, 0.5) is 11.4 Å². The van der Waals surface area contributed by atoms with Gasteiger partial charge in [0.1, 0.15) is 0 Å². The Morgan fingerprint density at radius 2 is 1.60 bits per heavy atom. The van der Waals surface area contributed by atoms with E-state index in [0.29, 0.717) is 23.0 Å². The molecule has 25 heavy (non-hydrogen) atoms. The zero-order chi connectivity index (χ0) is 18.2. The van der Waals surface area contributed by atoms with Gasteiger partial charge in [-0.25, -0.2) is 0 Å². The van der Waals surface area contributed by atoms with Crippen LogP contribution in [-0.2, 0) is 0 Å². The van der Waals surface area contributed by atoms with E-state index in [-0.39, 0.29) is 5.91 Å². The maximum atomic E-state index is 12.4. The highest BCUT2D eigenvalue weighted by Gasteiger charge is 2.11. The van der Waals surface area contributed by atoms with Crippen molar-refractivity contribution in [1.29, 1.82) is 0 Å². The lowest BCUT2D eigenvalue weighted by molar-refractivity contribution is 0.102. The zero-order valence-corrected chi connectivity index (χ0v) is 15.3. The molecule has 5 nitrogen and oxygen atoms in total. The summed E-state index contributed by atoms with van der Waals surface area (Å²) in [7, 11) is 3.11. The lowest BCUT2D eigenvalue weighted by atomic mass is 10.1. The van der Waals surface area contributed by atoms with Crippen LogP contribution in [0.3, 0.4) is 0 Å². The first-order chi connectivity index (χ1) is 12.0. The fourth-order valence-electron chi connectivity index (χ4n) is 2.36. The van der Waals surface area contributed by atoms with E-state index in [1.807, 2.05) is 24.3 Å². The van der Waals surface area contributed by atoms with Gasteiger partial charge in [-0.15, -0.1) is 0 Å². The Morgan fingerprint density at radius 1 is 0.960 bits per heavy atom. The molecule has 2 N–H and O–H groups in total. The summed E-state index contributed by atoms with van der Waals surface area (Å²) in [6, 6.07) is 12.8.